The fraction of sp³-hybridized carbons (Fsp3) is 0.125. The van der Waals surface area contributed by atoms with E-state index in [4.69, 9.17) is 4.74 Å². The van der Waals surface area contributed by atoms with Gasteiger partial charge in [0.25, 0.3) is 0 Å². The molecule has 0 aliphatic carbocycles. The second-order valence-electron chi connectivity index (χ2n) is 4.56. The number of rotatable bonds is 4. The van der Waals surface area contributed by atoms with Crippen molar-refractivity contribution in [2.45, 2.75) is 6.10 Å². The Bertz CT molecular complexity index is 755. The van der Waals surface area contributed by atoms with Gasteiger partial charge in [-0.3, -0.25) is 0 Å². The lowest BCUT2D eigenvalue weighted by Gasteiger charge is -2.11. The molecule has 0 bridgehead atoms. The van der Waals surface area contributed by atoms with E-state index in [0.717, 1.165) is 19.4 Å². The molecule has 0 saturated carbocycles. The zero-order valence-corrected chi connectivity index (χ0v) is 13.3. The van der Waals surface area contributed by atoms with Gasteiger partial charge in [-0.15, -0.1) is 11.3 Å². The number of thiophene rings is 1. The predicted molar refractivity (Wildman–Crippen MR) is 86.4 cm³/mol. The Kier molecular flexibility index (Phi) is 4.24. The molecule has 3 rings (SSSR count). The van der Waals surface area contributed by atoms with E-state index in [1.807, 2.05) is 24.3 Å². The number of ether oxygens (including phenoxy) is 1. The summed E-state index contributed by atoms with van der Waals surface area (Å²) in [5.74, 6) is 0.225. The smallest absolute Gasteiger partial charge is 0.123 e. The summed E-state index contributed by atoms with van der Waals surface area (Å²) in [6, 6.07) is 13.7. The van der Waals surface area contributed by atoms with Crippen LogP contribution in [-0.2, 0) is 0 Å². The van der Waals surface area contributed by atoms with Crippen molar-refractivity contribution in [3.8, 4) is 5.75 Å². The fourth-order valence-electron chi connectivity index (χ4n) is 2.03. The maximum atomic E-state index is 12.8. The van der Waals surface area contributed by atoms with Crippen molar-refractivity contribution in [3.63, 3.8) is 0 Å². The number of aliphatic hydroxyl groups is 1. The van der Waals surface area contributed by atoms with Crippen LogP contribution in [0.1, 0.15) is 11.0 Å². The second-order valence-corrected chi connectivity index (χ2v) is 6.43. The first kappa shape index (κ1) is 14.5. The largest absolute Gasteiger partial charge is 0.490 e. The van der Waals surface area contributed by atoms with E-state index < -0.39 is 6.10 Å². The van der Waals surface area contributed by atoms with Crippen LogP contribution in [0.2, 0.25) is 0 Å². The Labute approximate surface area is 133 Å². The van der Waals surface area contributed by atoms with Gasteiger partial charge in [-0.1, -0.05) is 18.2 Å². The average molecular weight is 367 g/mol. The van der Waals surface area contributed by atoms with Crippen LogP contribution >= 0.6 is 27.3 Å². The lowest BCUT2D eigenvalue weighted by atomic mass is 10.2. The van der Waals surface area contributed by atoms with Crippen molar-refractivity contribution in [1.82, 2.24) is 0 Å². The zero-order valence-electron chi connectivity index (χ0n) is 10.9. The molecule has 0 saturated heterocycles. The molecule has 1 unspecified atom stereocenters. The third-order valence-corrected chi connectivity index (χ3v) is 5.47. The lowest BCUT2D eigenvalue weighted by molar-refractivity contribution is 0.110. The van der Waals surface area contributed by atoms with Crippen molar-refractivity contribution in [2.24, 2.45) is 0 Å². The van der Waals surface area contributed by atoms with Crippen LogP contribution < -0.4 is 4.74 Å². The molecule has 3 aromatic rings. The van der Waals surface area contributed by atoms with Crippen molar-refractivity contribution < 1.29 is 14.2 Å². The highest BCUT2D eigenvalue weighted by Gasteiger charge is 2.17. The van der Waals surface area contributed by atoms with Crippen LogP contribution in [0.5, 0.6) is 5.75 Å². The van der Waals surface area contributed by atoms with Crippen LogP contribution in [0, 0.1) is 5.82 Å². The Morgan fingerprint density at radius 1 is 1.14 bits per heavy atom. The van der Waals surface area contributed by atoms with Crippen molar-refractivity contribution in [3.05, 3.63) is 63.7 Å². The molecule has 0 aliphatic heterocycles. The molecule has 0 radical (unpaired) electrons. The minimum absolute atomic E-state index is 0.122. The molecule has 2 aromatic carbocycles. The number of benzene rings is 2. The fourth-order valence-corrected chi connectivity index (χ4v) is 4.08. The minimum Gasteiger partial charge on any atom is -0.490 e. The van der Waals surface area contributed by atoms with Crippen molar-refractivity contribution >= 4 is 37.4 Å². The molecule has 0 aliphatic rings. The molecule has 0 fully saturated rings. The molecule has 0 spiro atoms. The van der Waals surface area contributed by atoms with Gasteiger partial charge in [0.05, 0.1) is 4.88 Å². The lowest BCUT2D eigenvalue weighted by Crippen LogP contribution is -2.08. The average Bonchev–Trinajstić information content (AvgIpc) is 2.84. The summed E-state index contributed by atoms with van der Waals surface area (Å²) in [4.78, 5) is 0.832. The Morgan fingerprint density at radius 2 is 1.86 bits per heavy atom. The van der Waals surface area contributed by atoms with Crippen LogP contribution in [-0.4, -0.2) is 11.7 Å². The summed E-state index contributed by atoms with van der Waals surface area (Å²) in [5, 5.41) is 11.4. The van der Waals surface area contributed by atoms with Gasteiger partial charge in [0.2, 0.25) is 0 Å². The first-order valence-electron chi connectivity index (χ1n) is 6.38. The standard InChI is InChI=1S/C16H12BrFO2S/c17-15-12-3-1-2-4-14(12)21-16(15)13(19)9-20-11-7-5-10(18)6-8-11/h1-8,13,19H,9H2. The van der Waals surface area contributed by atoms with Gasteiger partial charge in [-0.2, -0.15) is 0 Å². The van der Waals surface area contributed by atoms with Gasteiger partial charge < -0.3 is 9.84 Å². The third kappa shape index (κ3) is 3.10. The quantitative estimate of drug-likeness (QED) is 0.710. The molecular weight excluding hydrogens is 355 g/mol. The monoisotopic (exact) mass is 366 g/mol. The molecule has 5 heteroatoms. The van der Waals surface area contributed by atoms with Crippen LogP contribution in [0.3, 0.4) is 0 Å². The number of hydrogen-bond donors (Lipinski definition) is 1. The molecule has 1 aromatic heterocycles. The third-order valence-electron chi connectivity index (χ3n) is 3.08. The van der Waals surface area contributed by atoms with E-state index in [2.05, 4.69) is 15.9 Å². The van der Waals surface area contributed by atoms with Gasteiger partial charge in [-0.25, -0.2) is 4.39 Å². The zero-order chi connectivity index (χ0) is 14.8. The maximum absolute atomic E-state index is 12.8. The molecule has 1 heterocycles. The van der Waals surface area contributed by atoms with Gasteiger partial charge in [0.1, 0.15) is 24.3 Å². The number of halogens is 2. The Morgan fingerprint density at radius 3 is 2.57 bits per heavy atom. The number of hydrogen-bond acceptors (Lipinski definition) is 3. The topological polar surface area (TPSA) is 29.5 Å². The van der Waals surface area contributed by atoms with Crippen molar-refractivity contribution in [2.75, 3.05) is 6.61 Å². The molecule has 1 atom stereocenters. The normalized spacial score (nSPS) is 12.5. The van der Waals surface area contributed by atoms with Gasteiger partial charge >= 0.3 is 0 Å². The second kappa shape index (κ2) is 6.13. The van der Waals surface area contributed by atoms with E-state index in [1.54, 1.807) is 12.1 Å². The highest BCUT2D eigenvalue weighted by Crippen LogP contribution is 2.39. The van der Waals surface area contributed by atoms with Gasteiger partial charge in [-0.05, 0) is 46.3 Å². The molecule has 21 heavy (non-hydrogen) atoms. The first-order valence-corrected chi connectivity index (χ1v) is 7.99. The Balaban J connectivity index is 1.76. The van der Waals surface area contributed by atoms with Gasteiger partial charge in [0, 0.05) is 14.6 Å². The summed E-state index contributed by atoms with van der Waals surface area (Å²) in [6.07, 6.45) is -0.734. The highest BCUT2D eigenvalue weighted by atomic mass is 79.9. The summed E-state index contributed by atoms with van der Waals surface area (Å²) in [5.41, 5.74) is 0. The van der Waals surface area contributed by atoms with E-state index in [9.17, 15) is 9.50 Å². The van der Waals surface area contributed by atoms with Crippen molar-refractivity contribution in [1.29, 1.82) is 0 Å². The highest BCUT2D eigenvalue weighted by molar-refractivity contribution is 9.10. The van der Waals surface area contributed by atoms with E-state index in [0.29, 0.717) is 5.75 Å². The summed E-state index contributed by atoms with van der Waals surface area (Å²) in [6.45, 7) is 0.122. The molecule has 108 valence electrons. The molecule has 1 N–H and O–H groups in total. The summed E-state index contributed by atoms with van der Waals surface area (Å²) < 4.78 is 20.3. The number of fused-ring (bicyclic) bond motifs is 1. The Hall–Kier alpha value is -1.43. The predicted octanol–water partition coefficient (Wildman–Crippen LogP) is 4.92. The van der Waals surface area contributed by atoms with Gasteiger partial charge in [0.15, 0.2) is 0 Å². The van der Waals surface area contributed by atoms with E-state index >= 15 is 0 Å². The van der Waals surface area contributed by atoms with E-state index in [1.165, 1.54) is 23.5 Å². The minimum atomic E-state index is -0.734. The molecular formula is C16H12BrFO2S. The number of aliphatic hydroxyl groups excluding tert-OH is 1. The maximum Gasteiger partial charge on any atom is 0.123 e. The van der Waals surface area contributed by atoms with Crippen LogP contribution in [0.15, 0.2) is 53.0 Å². The summed E-state index contributed by atoms with van der Waals surface area (Å²) >= 11 is 5.07. The first-order chi connectivity index (χ1) is 10.1. The SMILES string of the molecule is OC(COc1ccc(F)cc1)c1sc2ccccc2c1Br. The summed E-state index contributed by atoms with van der Waals surface area (Å²) in [7, 11) is 0. The molecule has 2 nitrogen and oxygen atoms in total. The van der Waals surface area contributed by atoms with Crippen LogP contribution in [0.4, 0.5) is 4.39 Å². The van der Waals surface area contributed by atoms with E-state index in [-0.39, 0.29) is 12.4 Å². The van der Waals surface area contributed by atoms with Crippen LogP contribution in [0.25, 0.3) is 10.1 Å². The molecule has 0 amide bonds.